The summed E-state index contributed by atoms with van der Waals surface area (Å²) >= 11 is 5.60. The van der Waals surface area contributed by atoms with Crippen molar-refractivity contribution in [3.05, 3.63) is 34.9 Å². The summed E-state index contributed by atoms with van der Waals surface area (Å²) < 4.78 is 0. The maximum absolute atomic E-state index is 10.00. The van der Waals surface area contributed by atoms with Crippen LogP contribution in [0, 0.1) is 0 Å². The second kappa shape index (κ2) is 3.51. The van der Waals surface area contributed by atoms with E-state index in [1.165, 1.54) is 12.4 Å². The molecule has 57 valence electrons. The molecule has 0 saturated heterocycles. The normalized spacial score (nSPS) is 12.5. The molecule has 0 aliphatic carbocycles. The number of aliphatic hydroxyl groups excluding tert-OH is 1. The molecule has 2 nitrogen and oxygen atoms in total. The summed E-state index contributed by atoms with van der Waals surface area (Å²) in [6.45, 7) is 0. The van der Waals surface area contributed by atoms with Gasteiger partial charge in [-0.25, -0.2) is 0 Å². The molecular formula is C8H6ClO2. The molecule has 0 saturated carbocycles. The molecule has 1 rings (SSSR count). The first-order valence-electron chi connectivity index (χ1n) is 3.05. The van der Waals surface area contributed by atoms with Crippen LogP contribution in [0.2, 0.25) is 5.02 Å². The van der Waals surface area contributed by atoms with Crippen molar-refractivity contribution in [3.8, 4) is 0 Å². The topological polar surface area (TPSA) is 37.3 Å². The Labute approximate surface area is 69.4 Å². The van der Waals surface area contributed by atoms with Crippen LogP contribution in [-0.2, 0) is 4.79 Å². The van der Waals surface area contributed by atoms with Crippen LogP contribution >= 0.6 is 11.6 Å². The van der Waals surface area contributed by atoms with Gasteiger partial charge in [-0.15, -0.1) is 0 Å². The molecule has 0 fully saturated rings. The predicted octanol–water partition coefficient (Wildman–Crippen LogP) is 1.48. The van der Waals surface area contributed by atoms with Crippen LogP contribution in [-0.4, -0.2) is 11.4 Å². The highest BCUT2D eigenvalue weighted by molar-refractivity contribution is 6.30. The Morgan fingerprint density at radius 2 is 2.27 bits per heavy atom. The Balaban J connectivity index is 2.95. The van der Waals surface area contributed by atoms with Crippen LogP contribution in [0.1, 0.15) is 11.7 Å². The number of benzene rings is 1. The Kier molecular flexibility index (Phi) is 2.63. The molecule has 1 N–H and O–H groups in total. The predicted molar refractivity (Wildman–Crippen MR) is 42.1 cm³/mol. The second-order valence-electron chi connectivity index (χ2n) is 2.08. The fourth-order valence-electron chi connectivity index (χ4n) is 0.745. The maximum Gasteiger partial charge on any atom is 0.234 e. The van der Waals surface area contributed by atoms with Crippen LogP contribution in [0.5, 0.6) is 0 Å². The van der Waals surface area contributed by atoms with E-state index in [1.54, 1.807) is 18.2 Å². The number of hydrogen-bond donors (Lipinski definition) is 1. The van der Waals surface area contributed by atoms with E-state index in [-0.39, 0.29) is 0 Å². The highest BCUT2D eigenvalue weighted by atomic mass is 35.5. The minimum atomic E-state index is -1.19. The summed E-state index contributed by atoms with van der Waals surface area (Å²) in [5, 5.41) is 9.47. The highest BCUT2D eigenvalue weighted by Gasteiger charge is 2.05. The summed E-state index contributed by atoms with van der Waals surface area (Å²) in [6, 6.07) is 6.47. The quantitative estimate of drug-likeness (QED) is 0.728. The summed E-state index contributed by atoms with van der Waals surface area (Å²) in [4.78, 5) is 10.00. The molecule has 0 bridgehead atoms. The molecular weight excluding hydrogens is 164 g/mol. The van der Waals surface area contributed by atoms with E-state index in [4.69, 9.17) is 16.7 Å². The first-order chi connectivity index (χ1) is 5.24. The molecule has 1 atom stereocenters. The lowest BCUT2D eigenvalue weighted by molar-refractivity contribution is 0.240. The third-order valence-corrected chi connectivity index (χ3v) is 1.51. The lowest BCUT2D eigenvalue weighted by Gasteiger charge is -2.00. The first-order valence-corrected chi connectivity index (χ1v) is 3.43. The molecule has 1 radical (unpaired) electrons. The third kappa shape index (κ3) is 2.03. The lowest BCUT2D eigenvalue weighted by Crippen LogP contribution is -1.96. The van der Waals surface area contributed by atoms with E-state index < -0.39 is 6.10 Å². The van der Waals surface area contributed by atoms with Crippen molar-refractivity contribution in [3.63, 3.8) is 0 Å². The van der Waals surface area contributed by atoms with E-state index in [1.807, 2.05) is 0 Å². The lowest BCUT2D eigenvalue weighted by atomic mass is 10.1. The molecule has 0 aromatic heterocycles. The Morgan fingerprint density at radius 1 is 1.55 bits per heavy atom. The van der Waals surface area contributed by atoms with Gasteiger partial charge >= 0.3 is 0 Å². The van der Waals surface area contributed by atoms with Crippen molar-refractivity contribution in [2.24, 2.45) is 0 Å². The van der Waals surface area contributed by atoms with E-state index in [2.05, 4.69) is 0 Å². The van der Waals surface area contributed by atoms with E-state index >= 15 is 0 Å². The number of hydrogen-bond acceptors (Lipinski definition) is 2. The summed E-state index contributed by atoms with van der Waals surface area (Å²) in [5.41, 5.74) is 0.465. The molecule has 0 aliphatic rings. The Bertz CT molecular complexity index is 260. The summed E-state index contributed by atoms with van der Waals surface area (Å²) in [5.74, 6) is 0. The molecule has 3 heteroatoms. The second-order valence-corrected chi connectivity index (χ2v) is 2.51. The van der Waals surface area contributed by atoms with Crippen LogP contribution < -0.4 is 0 Å². The molecule has 0 aliphatic heterocycles. The van der Waals surface area contributed by atoms with Crippen molar-refractivity contribution < 1.29 is 9.90 Å². The number of carbonyl (C=O) groups excluding carboxylic acids is 1. The molecule has 0 amide bonds. The number of halogens is 1. The minimum absolute atomic E-state index is 0.465. The van der Waals surface area contributed by atoms with Crippen molar-refractivity contribution in [2.75, 3.05) is 0 Å². The van der Waals surface area contributed by atoms with Gasteiger partial charge in [0.05, 0.1) is 0 Å². The number of rotatable bonds is 2. The smallest absolute Gasteiger partial charge is 0.234 e. The van der Waals surface area contributed by atoms with Gasteiger partial charge in [-0.3, -0.25) is 4.79 Å². The van der Waals surface area contributed by atoms with Gasteiger partial charge in [-0.05, 0) is 17.7 Å². The molecule has 11 heavy (non-hydrogen) atoms. The molecule has 1 unspecified atom stereocenters. The van der Waals surface area contributed by atoms with Crippen molar-refractivity contribution >= 4 is 17.9 Å². The van der Waals surface area contributed by atoms with Gasteiger partial charge in [0, 0.05) is 5.02 Å². The summed E-state index contributed by atoms with van der Waals surface area (Å²) in [6.07, 6.45) is 0.269. The minimum Gasteiger partial charge on any atom is -0.380 e. The van der Waals surface area contributed by atoms with Crippen LogP contribution in [0.15, 0.2) is 24.3 Å². The average Bonchev–Trinajstić information content (AvgIpc) is 2.03. The van der Waals surface area contributed by atoms with Crippen molar-refractivity contribution in [1.82, 2.24) is 0 Å². The number of aliphatic hydroxyl groups is 1. The van der Waals surface area contributed by atoms with Gasteiger partial charge in [-0.1, -0.05) is 23.7 Å². The maximum atomic E-state index is 10.00. The Hall–Kier alpha value is -0.860. The van der Waals surface area contributed by atoms with Crippen LogP contribution in [0.3, 0.4) is 0 Å². The van der Waals surface area contributed by atoms with Gasteiger partial charge in [0.15, 0.2) is 0 Å². The zero-order valence-electron chi connectivity index (χ0n) is 5.62. The highest BCUT2D eigenvalue weighted by Crippen LogP contribution is 2.15. The first kappa shape index (κ1) is 8.24. The molecule has 0 heterocycles. The SMILES string of the molecule is O=[C]C(O)c1cccc(Cl)c1. The van der Waals surface area contributed by atoms with Crippen LogP contribution in [0.25, 0.3) is 0 Å². The fourth-order valence-corrected chi connectivity index (χ4v) is 0.943. The van der Waals surface area contributed by atoms with Gasteiger partial charge in [0.2, 0.25) is 6.29 Å². The molecule has 1 aromatic rings. The van der Waals surface area contributed by atoms with E-state index in [0.29, 0.717) is 10.6 Å². The van der Waals surface area contributed by atoms with Crippen LogP contribution in [0.4, 0.5) is 0 Å². The van der Waals surface area contributed by atoms with Gasteiger partial charge in [-0.2, -0.15) is 0 Å². The zero-order chi connectivity index (χ0) is 8.27. The monoisotopic (exact) mass is 169 g/mol. The Morgan fingerprint density at radius 3 is 2.82 bits per heavy atom. The standard InChI is InChI=1S/C8H6ClO2/c9-7-3-1-2-6(4-7)8(11)5-10/h1-4,8,11H. The average molecular weight is 170 g/mol. The third-order valence-electron chi connectivity index (χ3n) is 1.28. The fraction of sp³-hybridized carbons (Fsp3) is 0.125. The van der Waals surface area contributed by atoms with Crippen molar-refractivity contribution in [1.29, 1.82) is 0 Å². The van der Waals surface area contributed by atoms with Gasteiger partial charge in [0.1, 0.15) is 6.10 Å². The summed E-state index contributed by atoms with van der Waals surface area (Å²) in [7, 11) is 0. The zero-order valence-corrected chi connectivity index (χ0v) is 6.38. The largest absolute Gasteiger partial charge is 0.380 e. The van der Waals surface area contributed by atoms with Gasteiger partial charge in [0.25, 0.3) is 0 Å². The van der Waals surface area contributed by atoms with E-state index in [9.17, 15) is 4.79 Å². The molecule has 1 aromatic carbocycles. The van der Waals surface area contributed by atoms with Gasteiger partial charge < -0.3 is 5.11 Å². The van der Waals surface area contributed by atoms with E-state index in [0.717, 1.165) is 0 Å². The molecule has 0 spiro atoms. The van der Waals surface area contributed by atoms with Crippen molar-refractivity contribution in [2.45, 2.75) is 6.10 Å².